The molecular formula is C17H20N2O5S. The van der Waals surface area contributed by atoms with Gasteiger partial charge in [0.1, 0.15) is 0 Å². The Morgan fingerprint density at radius 1 is 1.32 bits per heavy atom. The number of carbonyl (C=O) groups excluding carboxylic acids is 1. The van der Waals surface area contributed by atoms with E-state index in [9.17, 15) is 9.59 Å². The Hall–Kier alpha value is -2.61. The summed E-state index contributed by atoms with van der Waals surface area (Å²) in [5, 5.41) is 15.4. The van der Waals surface area contributed by atoms with Gasteiger partial charge in [0.15, 0.2) is 28.5 Å². The normalized spacial score (nSPS) is 18.1. The van der Waals surface area contributed by atoms with Gasteiger partial charge in [-0.3, -0.25) is 4.79 Å². The number of hydrogen-bond acceptors (Lipinski definition) is 5. The van der Waals surface area contributed by atoms with Crippen LogP contribution >= 0.6 is 12.2 Å². The molecule has 1 aromatic carbocycles. The Morgan fingerprint density at radius 3 is 2.56 bits per heavy atom. The molecule has 0 radical (unpaired) electrons. The molecule has 134 valence electrons. The highest BCUT2D eigenvalue weighted by atomic mass is 32.1. The number of ketones is 1. The number of carboxylic acids is 1. The zero-order valence-electron chi connectivity index (χ0n) is 14.4. The summed E-state index contributed by atoms with van der Waals surface area (Å²) < 4.78 is 10.7. The molecule has 0 spiro atoms. The van der Waals surface area contributed by atoms with Crippen LogP contribution in [0.3, 0.4) is 0 Å². The van der Waals surface area contributed by atoms with Crippen molar-refractivity contribution in [1.29, 1.82) is 0 Å². The van der Waals surface area contributed by atoms with Crippen molar-refractivity contribution in [3.63, 3.8) is 0 Å². The molecule has 1 aromatic rings. The average molecular weight is 364 g/mol. The summed E-state index contributed by atoms with van der Waals surface area (Å²) in [5.74, 6) is -0.474. The fraction of sp³-hybridized carbons (Fsp3) is 0.353. The molecule has 0 saturated heterocycles. The van der Waals surface area contributed by atoms with Crippen LogP contribution in [0.4, 0.5) is 0 Å². The number of aliphatic carboxylic acids is 1. The molecule has 0 saturated carbocycles. The number of carboxylic acid groups (broad SMARTS) is 1. The van der Waals surface area contributed by atoms with Crippen LogP contribution < -0.4 is 20.1 Å². The van der Waals surface area contributed by atoms with Crippen LogP contribution in [0, 0.1) is 0 Å². The summed E-state index contributed by atoms with van der Waals surface area (Å²) in [5.41, 5.74) is 2.02. The third-order valence-corrected chi connectivity index (χ3v) is 4.04. The second-order valence-corrected chi connectivity index (χ2v) is 6.04. The minimum absolute atomic E-state index is 0.0798. The molecule has 2 rings (SSSR count). The first kappa shape index (κ1) is 18.7. The zero-order chi connectivity index (χ0) is 18.7. The van der Waals surface area contributed by atoms with Gasteiger partial charge in [-0.2, -0.15) is 0 Å². The molecule has 1 aliphatic heterocycles. The molecule has 1 aliphatic rings. The average Bonchev–Trinajstić information content (AvgIpc) is 2.53. The lowest BCUT2D eigenvalue weighted by Crippen LogP contribution is -2.44. The van der Waals surface area contributed by atoms with Crippen LogP contribution in [-0.2, 0) is 9.59 Å². The second-order valence-electron chi connectivity index (χ2n) is 5.63. The van der Waals surface area contributed by atoms with Gasteiger partial charge < -0.3 is 25.2 Å². The third-order valence-electron chi connectivity index (χ3n) is 3.82. The van der Waals surface area contributed by atoms with E-state index >= 15 is 0 Å². The monoisotopic (exact) mass is 364 g/mol. The number of Topliss-reactive ketones (excluding diaryl/α,β-unsaturated/α-hetero) is 1. The Bertz CT molecular complexity index is 759. The third kappa shape index (κ3) is 4.08. The van der Waals surface area contributed by atoms with Gasteiger partial charge in [0, 0.05) is 11.3 Å². The van der Waals surface area contributed by atoms with Gasteiger partial charge in [0.05, 0.1) is 13.2 Å². The van der Waals surface area contributed by atoms with Crippen LogP contribution in [0.15, 0.2) is 29.5 Å². The fourth-order valence-electron chi connectivity index (χ4n) is 2.61. The van der Waals surface area contributed by atoms with Gasteiger partial charge in [-0.25, -0.2) is 4.79 Å². The molecule has 0 unspecified atom stereocenters. The van der Waals surface area contributed by atoms with Crippen LogP contribution in [0.1, 0.15) is 32.4 Å². The highest BCUT2D eigenvalue weighted by Crippen LogP contribution is 2.34. The first-order valence-corrected chi connectivity index (χ1v) is 8.02. The Balaban J connectivity index is 2.42. The van der Waals surface area contributed by atoms with Crippen molar-refractivity contribution >= 4 is 29.1 Å². The Labute approximate surface area is 151 Å². The molecular weight excluding hydrogens is 344 g/mol. The number of hydrogen-bond donors (Lipinski definition) is 3. The predicted octanol–water partition coefficient (Wildman–Crippen LogP) is 1.93. The quantitative estimate of drug-likeness (QED) is 0.659. The van der Waals surface area contributed by atoms with Crippen LogP contribution in [0.25, 0.3) is 0 Å². The van der Waals surface area contributed by atoms with E-state index in [0.717, 1.165) is 5.56 Å². The van der Waals surface area contributed by atoms with E-state index in [-0.39, 0.29) is 5.78 Å². The predicted molar refractivity (Wildman–Crippen MR) is 95.7 cm³/mol. The molecule has 3 N–H and O–H groups in total. The first-order chi connectivity index (χ1) is 11.7. The zero-order valence-corrected chi connectivity index (χ0v) is 15.2. The SMILES string of the molecule is COc1cc([C@@H]2NC(=S)NC(C)=C2C(C)=O)ccc1O[C@@H](C)C(=O)O. The van der Waals surface area contributed by atoms with Gasteiger partial charge in [-0.05, 0) is 50.7 Å². The van der Waals surface area contributed by atoms with E-state index in [0.29, 0.717) is 27.9 Å². The number of methoxy groups -OCH3 is 1. The van der Waals surface area contributed by atoms with Gasteiger partial charge in [0.2, 0.25) is 0 Å². The minimum Gasteiger partial charge on any atom is -0.493 e. The molecule has 2 atom stereocenters. The Morgan fingerprint density at radius 2 is 2.00 bits per heavy atom. The van der Waals surface area contributed by atoms with Gasteiger partial charge in [-0.15, -0.1) is 0 Å². The van der Waals surface area contributed by atoms with Crippen LogP contribution in [0.5, 0.6) is 11.5 Å². The smallest absolute Gasteiger partial charge is 0.344 e. The topological polar surface area (TPSA) is 96.9 Å². The molecule has 0 aliphatic carbocycles. The van der Waals surface area contributed by atoms with E-state index in [1.165, 1.54) is 21.0 Å². The molecule has 1 heterocycles. The van der Waals surface area contributed by atoms with E-state index < -0.39 is 18.1 Å². The largest absolute Gasteiger partial charge is 0.493 e. The maximum absolute atomic E-state index is 12.0. The van der Waals surface area contributed by atoms with Gasteiger partial charge >= 0.3 is 5.97 Å². The number of thiocarbonyl (C=S) groups is 1. The highest BCUT2D eigenvalue weighted by Gasteiger charge is 2.28. The van der Waals surface area contributed by atoms with Crippen molar-refractivity contribution in [2.75, 3.05) is 7.11 Å². The van der Waals surface area contributed by atoms with Gasteiger partial charge in [0.25, 0.3) is 0 Å². The summed E-state index contributed by atoms with van der Waals surface area (Å²) in [6, 6.07) is 4.64. The molecule has 7 nitrogen and oxygen atoms in total. The van der Waals surface area contributed by atoms with Crippen molar-refractivity contribution in [3.8, 4) is 11.5 Å². The van der Waals surface area contributed by atoms with Crippen molar-refractivity contribution in [2.45, 2.75) is 32.9 Å². The lowest BCUT2D eigenvalue weighted by atomic mass is 9.93. The Kier molecular flexibility index (Phi) is 5.63. The van der Waals surface area contributed by atoms with E-state index in [1.54, 1.807) is 25.1 Å². The molecule has 8 heteroatoms. The molecule has 25 heavy (non-hydrogen) atoms. The fourth-order valence-corrected chi connectivity index (χ4v) is 2.88. The standard InChI is InChI=1S/C17H20N2O5S/c1-8-14(9(2)20)15(19-17(25)18-8)11-5-6-12(13(7-11)23-4)24-10(3)16(21)22/h5-7,10,15H,1-4H3,(H,21,22)(H2,18,19,25)/t10-,15-/m0/s1. The summed E-state index contributed by atoms with van der Waals surface area (Å²) in [6.45, 7) is 4.72. The molecule has 0 aromatic heterocycles. The number of rotatable bonds is 6. The summed E-state index contributed by atoms with van der Waals surface area (Å²) in [4.78, 5) is 23.0. The molecule has 0 amide bonds. The second kappa shape index (κ2) is 7.52. The first-order valence-electron chi connectivity index (χ1n) is 7.61. The number of benzene rings is 1. The molecule has 0 bridgehead atoms. The van der Waals surface area contributed by atoms with Crippen molar-refractivity contribution in [2.24, 2.45) is 0 Å². The van der Waals surface area contributed by atoms with Crippen molar-refractivity contribution in [3.05, 3.63) is 35.0 Å². The molecule has 0 fully saturated rings. The number of ether oxygens (including phenoxy) is 2. The van der Waals surface area contributed by atoms with Crippen molar-refractivity contribution < 1.29 is 24.2 Å². The number of allylic oxidation sites excluding steroid dienone is 1. The number of nitrogens with one attached hydrogen (secondary N) is 2. The lowest BCUT2D eigenvalue weighted by Gasteiger charge is -2.30. The van der Waals surface area contributed by atoms with Gasteiger partial charge in [-0.1, -0.05) is 6.07 Å². The lowest BCUT2D eigenvalue weighted by molar-refractivity contribution is -0.144. The minimum atomic E-state index is -1.08. The summed E-state index contributed by atoms with van der Waals surface area (Å²) in [6.07, 6.45) is -1.01. The van der Waals surface area contributed by atoms with Crippen molar-refractivity contribution in [1.82, 2.24) is 10.6 Å². The van der Waals surface area contributed by atoms with E-state index in [2.05, 4.69) is 10.6 Å². The summed E-state index contributed by atoms with van der Waals surface area (Å²) >= 11 is 5.18. The maximum Gasteiger partial charge on any atom is 0.344 e. The van der Waals surface area contributed by atoms with E-state index in [1.807, 2.05) is 0 Å². The highest BCUT2D eigenvalue weighted by molar-refractivity contribution is 7.80. The number of carbonyl (C=O) groups is 2. The summed E-state index contributed by atoms with van der Waals surface area (Å²) in [7, 11) is 1.46. The van der Waals surface area contributed by atoms with E-state index in [4.69, 9.17) is 26.8 Å². The van der Waals surface area contributed by atoms with Crippen LogP contribution in [-0.4, -0.2) is 35.2 Å². The van der Waals surface area contributed by atoms with Crippen LogP contribution in [0.2, 0.25) is 0 Å². The maximum atomic E-state index is 12.0.